The fourth-order valence-corrected chi connectivity index (χ4v) is 3.21. The normalized spacial score (nSPS) is 17.4. The van der Waals surface area contributed by atoms with Crippen molar-refractivity contribution in [3.05, 3.63) is 75.8 Å². The van der Waals surface area contributed by atoms with E-state index in [0.717, 1.165) is 26.3 Å². The Morgan fingerprint density at radius 2 is 1.50 bits per heavy atom. The van der Waals surface area contributed by atoms with Gasteiger partial charge in [0.2, 0.25) is 0 Å². The average molecular weight is 442 g/mol. The number of amides is 2. The highest BCUT2D eigenvalue weighted by Gasteiger charge is 2.60. The van der Waals surface area contributed by atoms with Gasteiger partial charge in [0, 0.05) is 23.3 Å². The van der Waals surface area contributed by atoms with Crippen molar-refractivity contribution in [3.63, 3.8) is 0 Å². The van der Waals surface area contributed by atoms with Gasteiger partial charge in [0.1, 0.15) is 0 Å². The number of esters is 1. The van der Waals surface area contributed by atoms with Crippen LogP contribution in [0.15, 0.2) is 59.6 Å². The van der Waals surface area contributed by atoms with Crippen LogP contribution in [0.25, 0.3) is 0 Å². The van der Waals surface area contributed by atoms with Crippen molar-refractivity contribution in [3.8, 4) is 0 Å². The predicted molar refractivity (Wildman–Crippen MR) is 108 cm³/mol. The number of aliphatic imine (C=N–C) groups is 1. The summed E-state index contributed by atoms with van der Waals surface area (Å²) < 4.78 is 14.6. The first kappa shape index (κ1) is 22.2. The van der Waals surface area contributed by atoms with Crippen LogP contribution in [0, 0.1) is 10.1 Å². The molecule has 0 aromatic heterocycles. The molecule has 2 aromatic rings. The van der Waals surface area contributed by atoms with Crippen LogP contribution < -0.4 is 0 Å². The molecule has 166 valence electrons. The largest absolute Gasteiger partial charge is 0.465 e. The number of hydrogen-bond acceptors (Lipinski definition) is 9. The molecule has 1 atom stereocenters. The van der Waals surface area contributed by atoms with Gasteiger partial charge in [0.05, 0.1) is 26.3 Å². The molecule has 0 fully saturated rings. The summed E-state index contributed by atoms with van der Waals surface area (Å²) in [7, 11) is 3.24. The molecule has 1 heterocycles. The van der Waals surface area contributed by atoms with Gasteiger partial charge in [-0.05, 0) is 12.1 Å². The van der Waals surface area contributed by atoms with Crippen LogP contribution in [0.3, 0.4) is 0 Å². The summed E-state index contributed by atoms with van der Waals surface area (Å²) in [5, 5.41) is 12.4. The molecule has 0 bridgehead atoms. The molecule has 0 N–H and O–H groups in total. The molecule has 1 unspecified atom stereocenters. The van der Waals surface area contributed by atoms with E-state index in [4.69, 9.17) is 14.2 Å². The summed E-state index contributed by atoms with van der Waals surface area (Å²) >= 11 is 0. The SMILES string of the molecule is COC(=O)N1C(c2ccc([N+](=O)[O-])cc2)=NC(C(=O)OC)(c2ccccc2)N1C(=O)OC. The van der Waals surface area contributed by atoms with Crippen molar-refractivity contribution in [2.75, 3.05) is 21.3 Å². The van der Waals surface area contributed by atoms with Crippen molar-refractivity contribution < 1.29 is 33.5 Å². The molecule has 3 rings (SSSR count). The van der Waals surface area contributed by atoms with Gasteiger partial charge < -0.3 is 14.2 Å². The second-order valence-electron chi connectivity index (χ2n) is 6.33. The molecular weight excluding hydrogens is 424 g/mol. The number of nitrogens with zero attached hydrogens (tertiary/aromatic N) is 4. The minimum absolute atomic E-state index is 0.189. The van der Waals surface area contributed by atoms with Gasteiger partial charge in [-0.25, -0.2) is 19.4 Å². The van der Waals surface area contributed by atoms with Gasteiger partial charge in [0.15, 0.2) is 5.84 Å². The Morgan fingerprint density at radius 1 is 0.906 bits per heavy atom. The topological polar surface area (TPSA) is 141 Å². The smallest absolute Gasteiger partial charge is 0.435 e. The summed E-state index contributed by atoms with van der Waals surface area (Å²) in [5.74, 6) is -1.17. The number of nitro benzene ring substituents is 1. The van der Waals surface area contributed by atoms with Gasteiger partial charge in [-0.2, -0.15) is 10.0 Å². The highest BCUT2D eigenvalue weighted by atomic mass is 16.6. The monoisotopic (exact) mass is 442 g/mol. The molecular formula is C20H18N4O8. The lowest BCUT2D eigenvalue weighted by Gasteiger charge is -2.35. The number of benzene rings is 2. The van der Waals surface area contributed by atoms with E-state index in [2.05, 4.69) is 4.99 Å². The van der Waals surface area contributed by atoms with Gasteiger partial charge in [0.25, 0.3) is 11.4 Å². The molecule has 12 nitrogen and oxygen atoms in total. The molecule has 0 spiro atoms. The Hall–Kier alpha value is -4.48. The van der Waals surface area contributed by atoms with E-state index in [-0.39, 0.29) is 22.6 Å². The zero-order valence-corrected chi connectivity index (χ0v) is 17.3. The standard InChI is InChI=1S/C20H18N4O8/c1-30-17(25)20(14-7-5-4-6-8-14)21-16(13-9-11-15(12-10-13)24(28)29)22(18(26)31-2)23(20)19(27)32-3/h4-12H,1-3H3. The molecule has 12 heteroatoms. The van der Waals surface area contributed by atoms with Crippen molar-refractivity contribution in [1.82, 2.24) is 10.0 Å². The lowest BCUT2D eigenvalue weighted by Crippen LogP contribution is -2.59. The van der Waals surface area contributed by atoms with Gasteiger partial charge in [-0.15, -0.1) is 0 Å². The fraction of sp³-hybridized carbons (Fsp3) is 0.200. The maximum atomic E-state index is 13.1. The number of carbonyl (C=O) groups excluding carboxylic acids is 3. The van der Waals surface area contributed by atoms with Crippen LogP contribution in [-0.4, -0.2) is 60.3 Å². The second-order valence-corrected chi connectivity index (χ2v) is 6.33. The quantitative estimate of drug-likeness (QED) is 0.304. The number of methoxy groups -OCH3 is 3. The van der Waals surface area contributed by atoms with Crippen molar-refractivity contribution in [1.29, 1.82) is 0 Å². The molecule has 1 aliphatic heterocycles. The van der Waals surface area contributed by atoms with Gasteiger partial charge in [-0.1, -0.05) is 30.3 Å². The van der Waals surface area contributed by atoms with Crippen LogP contribution in [0.5, 0.6) is 0 Å². The maximum absolute atomic E-state index is 13.1. The van der Waals surface area contributed by atoms with E-state index in [1.807, 2.05) is 0 Å². The number of nitro groups is 1. The third kappa shape index (κ3) is 3.47. The first-order valence-electron chi connectivity index (χ1n) is 9.06. The molecule has 32 heavy (non-hydrogen) atoms. The predicted octanol–water partition coefficient (Wildman–Crippen LogP) is 2.43. The fourth-order valence-electron chi connectivity index (χ4n) is 3.21. The zero-order valence-electron chi connectivity index (χ0n) is 17.3. The molecule has 0 saturated heterocycles. The Balaban J connectivity index is 2.34. The van der Waals surface area contributed by atoms with Crippen LogP contribution in [0.2, 0.25) is 0 Å². The third-order valence-electron chi connectivity index (χ3n) is 4.65. The first-order chi connectivity index (χ1) is 15.3. The molecule has 0 aliphatic carbocycles. The van der Waals surface area contributed by atoms with Gasteiger partial charge in [-0.3, -0.25) is 10.1 Å². The number of ether oxygens (including phenoxy) is 3. The number of rotatable bonds is 4. The Labute approximate surface area is 181 Å². The summed E-state index contributed by atoms with van der Waals surface area (Å²) in [6.45, 7) is 0. The summed E-state index contributed by atoms with van der Waals surface area (Å²) in [6, 6.07) is 13.0. The second kappa shape index (κ2) is 8.71. The maximum Gasteiger partial charge on any atom is 0.435 e. The van der Waals surface area contributed by atoms with Crippen molar-refractivity contribution in [2.24, 2.45) is 4.99 Å². The van der Waals surface area contributed by atoms with E-state index < -0.39 is 28.7 Å². The Kier molecular flexibility index (Phi) is 6.05. The van der Waals surface area contributed by atoms with E-state index in [1.165, 1.54) is 36.4 Å². The van der Waals surface area contributed by atoms with Crippen LogP contribution in [0.4, 0.5) is 15.3 Å². The minimum Gasteiger partial charge on any atom is -0.465 e. The molecule has 0 radical (unpaired) electrons. The summed E-state index contributed by atoms with van der Waals surface area (Å²) in [6.07, 6.45) is -2.17. The van der Waals surface area contributed by atoms with Crippen LogP contribution in [-0.2, 0) is 24.7 Å². The third-order valence-corrected chi connectivity index (χ3v) is 4.65. The highest BCUT2D eigenvalue weighted by molar-refractivity contribution is 6.11. The number of non-ortho nitro benzene ring substituents is 1. The Bertz CT molecular complexity index is 1090. The molecule has 2 aromatic carbocycles. The number of amidine groups is 1. The van der Waals surface area contributed by atoms with E-state index in [9.17, 15) is 24.5 Å². The lowest BCUT2D eigenvalue weighted by atomic mass is 9.99. The number of carbonyl (C=O) groups is 3. The zero-order chi connectivity index (χ0) is 23.5. The number of hydrazine groups is 1. The summed E-state index contributed by atoms with van der Waals surface area (Å²) in [4.78, 5) is 53.5. The molecule has 2 amide bonds. The lowest BCUT2D eigenvalue weighted by molar-refractivity contribution is -0.384. The van der Waals surface area contributed by atoms with E-state index in [1.54, 1.807) is 18.2 Å². The highest BCUT2D eigenvalue weighted by Crippen LogP contribution is 2.40. The van der Waals surface area contributed by atoms with E-state index in [0.29, 0.717) is 5.01 Å². The van der Waals surface area contributed by atoms with Crippen LogP contribution >= 0.6 is 0 Å². The van der Waals surface area contributed by atoms with Crippen LogP contribution in [0.1, 0.15) is 11.1 Å². The van der Waals surface area contributed by atoms with Crippen molar-refractivity contribution >= 4 is 29.7 Å². The van der Waals surface area contributed by atoms with E-state index >= 15 is 0 Å². The Morgan fingerprint density at radius 3 is 2.00 bits per heavy atom. The minimum atomic E-state index is -2.17. The average Bonchev–Trinajstić information content (AvgIpc) is 3.20. The molecule has 0 saturated carbocycles. The first-order valence-corrected chi connectivity index (χ1v) is 9.06. The molecule has 1 aliphatic rings. The van der Waals surface area contributed by atoms with Gasteiger partial charge >= 0.3 is 18.2 Å². The van der Waals surface area contributed by atoms with Crippen molar-refractivity contribution in [2.45, 2.75) is 5.66 Å². The summed E-state index contributed by atoms with van der Waals surface area (Å²) in [5.41, 5.74) is -1.99. The number of hydrogen-bond donors (Lipinski definition) is 0.